The third-order valence-electron chi connectivity index (χ3n) is 1.66. The highest BCUT2D eigenvalue weighted by molar-refractivity contribution is 5.23. The standard InChI is InChI=1S/C8H8F3NO/c9-5-2-1-4(6(12)3-13)7(10)8(5)11/h1-2,6,13H,3,12H2/t6-/m1/s1. The van der Waals surface area contributed by atoms with Crippen molar-refractivity contribution in [3.05, 3.63) is 35.1 Å². The fourth-order valence-corrected chi connectivity index (χ4v) is 0.926. The Labute approximate surface area is 72.8 Å². The maximum atomic E-state index is 12.9. The lowest BCUT2D eigenvalue weighted by atomic mass is 10.1. The summed E-state index contributed by atoms with van der Waals surface area (Å²) in [5, 5.41) is 8.56. The summed E-state index contributed by atoms with van der Waals surface area (Å²) in [6.45, 7) is -0.526. The number of nitrogens with two attached hydrogens (primary N) is 1. The SMILES string of the molecule is N[C@H](CO)c1ccc(F)c(F)c1F. The minimum absolute atomic E-state index is 0.235. The molecule has 0 saturated carbocycles. The summed E-state index contributed by atoms with van der Waals surface area (Å²) < 4.78 is 37.9. The number of hydrogen-bond acceptors (Lipinski definition) is 2. The normalized spacial score (nSPS) is 13.0. The van der Waals surface area contributed by atoms with Gasteiger partial charge in [0.05, 0.1) is 12.6 Å². The van der Waals surface area contributed by atoms with E-state index in [0.717, 1.165) is 12.1 Å². The second-order valence-corrected chi connectivity index (χ2v) is 2.55. The molecule has 0 aliphatic heterocycles. The van der Waals surface area contributed by atoms with E-state index in [1.807, 2.05) is 0 Å². The molecule has 0 aliphatic rings. The van der Waals surface area contributed by atoms with Crippen molar-refractivity contribution in [2.45, 2.75) is 6.04 Å². The average molecular weight is 191 g/mol. The van der Waals surface area contributed by atoms with E-state index in [4.69, 9.17) is 10.8 Å². The molecule has 0 radical (unpaired) electrons. The minimum Gasteiger partial charge on any atom is -0.394 e. The average Bonchev–Trinajstić information content (AvgIpc) is 2.13. The summed E-state index contributed by atoms with van der Waals surface area (Å²) in [4.78, 5) is 0. The zero-order valence-electron chi connectivity index (χ0n) is 6.60. The molecule has 1 aromatic rings. The van der Waals surface area contributed by atoms with E-state index >= 15 is 0 Å². The maximum Gasteiger partial charge on any atom is 0.194 e. The molecule has 0 aliphatic carbocycles. The first-order valence-electron chi connectivity index (χ1n) is 3.57. The van der Waals surface area contributed by atoms with Crippen molar-refractivity contribution >= 4 is 0 Å². The molecule has 1 rings (SSSR count). The van der Waals surface area contributed by atoms with Gasteiger partial charge in [-0.3, -0.25) is 0 Å². The van der Waals surface area contributed by atoms with Gasteiger partial charge in [-0.2, -0.15) is 0 Å². The van der Waals surface area contributed by atoms with Gasteiger partial charge in [-0.1, -0.05) is 6.07 Å². The zero-order chi connectivity index (χ0) is 10.0. The Balaban J connectivity index is 3.18. The lowest BCUT2D eigenvalue weighted by Crippen LogP contribution is -2.17. The molecule has 1 atom stereocenters. The Hall–Kier alpha value is -1.07. The summed E-state index contributed by atoms with van der Waals surface area (Å²) >= 11 is 0. The third-order valence-corrected chi connectivity index (χ3v) is 1.66. The molecule has 3 N–H and O–H groups in total. The predicted octanol–water partition coefficient (Wildman–Crippen LogP) is 1.10. The summed E-state index contributed by atoms with van der Waals surface area (Å²) in [5.41, 5.74) is 5.00. The van der Waals surface area contributed by atoms with Gasteiger partial charge in [-0.05, 0) is 6.07 Å². The molecule has 0 bridgehead atoms. The topological polar surface area (TPSA) is 46.2 Å². The number of benzene rings is 1. The Bertz CT molecular complexity index is 317. The van der Waals surface area contributed by atoms with Gasteiger partial charge in [0.25, 0.3) is 0 Å². The highest BCUT2D eigenvalue weighted by Gasteiger charge is 2.17. The molecule has 0 fully saturated rings. The van der Waals surface area contributed by atoms with Gasteiger partial charge in [0.2, 0.25) is 0 Å². The molecule has 5 heteroatoms. The van der Waals surface area contributed by atoms with Crippen LogP contribution in [-0.4, -0.2) is 11.7 Å². The fraction of sp³-hybridized carbons (Fsp3) is 0.250. The molecule has 0 amide bonds. The molecule has 2 nitrogen and oxygen atoms in total. The van der Waals surface area contributed by atoms with Crippen molar-refractivity contribution in [2.24, 2.45) is 5.73 Å². The van der Waals surface area contributed by atoms with Gasteiger partial charge < -0.3 is 10.8 Å². The Morgan fingerprint density at radius 2 is 1.85 bits per heavy atom. The van der Waals surface area contributed by atoms with E-state index in [-0.39, 0.29) is 5.56 Å². The van der Waals surface area contributed by atoms with Crippen molar-refractivity contribution in [1.29, 1.82) is 0 Å². The van der Waals surface area contributed by atoms with Crippen molar-refractivity contribution in [3.8, 4) is 0 Å². The summed E-state index contributed by atoms with van der Waals surface area (Å²) in [7, 11) is 0. The molecule has 0 heterocycles. The van der Waals surface area contributed by atoms with Crippen LogP contribution < -0.4 is 5.73 Å². The van der Waals surface area contributed by atoms with E-state index < -0.39 is 30.1 Å². The van der Waals surface area contributed by atoms with Crippen LogP contribution in [0.25, 0.3) is 0 Å². The van der Waals surface area contributed by atoms with Gasteiger partial charge in [0.1, 0.15) is 0 Å². The van der Waals surface area contributed by atoms with Crippen LogP contribution in [-0.2, 0) is 0 Å². The van der Waals surface area contributed by atoms with Crippen LogP contribution in [0.1, 0.15) is 11.6 Å². The van der Waals surface area contributed by atoms with Crippen LogP contribution in [0.5, 0.6) is 0 Å². The second-order valence-electron chi connectivity index (χ2n) is 2.55. The number of hydrogen-bond donors (Lipinski definition) is 2. The van der Waals surface area contributed by atoms with Gasteiger partial charge >= 0.3 is 0 Å². The second kappa shape index (κ2) is 3.76. The number of rotatable bonds is 2. The Morgan fingerprint density at radius 1 is 1.23 bits per heavy atom. The Kier molecular flexibility index (Phi) is 2.90. The number of aliphatic hydroxyl groups is 1. The summed E-state index contributed by atoms with van der Waals surface area (Å²) in [6, 6.07) is 0.743. The smallest absolute Gasteiger partial charge is 0.194 e. The number of aliphatic hydroxyl groups excluding tert-OH is 1. The highest BCUT2D eigenvalue weighted by atomic mass is 19.2. The van der Waals surface area contributed by atoms with E-state index in [1.165, 1.54) is 0 Å². The van der Waals surface area contributed by atoms with Gasteiger partial charge in [0, 0.05) is 5.56 Å². The molecule has 0 unspecified atom stereocenters. The van der Waals surface area contributed by atoms with Crippen LogP contribution in [0.15, 0.2) is 12.1 Å². The van der Waals surface area contributed by atoms with E-state index in [9.17, 15) is 13.2 Å². The molecule has 1 aromatic carbocycles. The summed E-state index contributed by atoms with van der Waals surface area (Å²) in [6.07, 6.45) is 0. The van der Waals surface area contributed by atoms with E-state index in [2.05, 4.69) is 0 Å². The first-order chi connectivity index (χ1) is 6.07. The van der Waals surface area contributed by atoms with Crippen LogP contribution in [0, 0.1) is 17.5 Å². The largest absolute Gasteiger partial charge is 0.394 e. The maximum absolute atomic E-state index is 12.9. The Morgan fingerprint density at radius 3 is 2.38 bits per heavy atom. The first kappa shape index (κ1) is 10.0. The van der Waals surface area contributed by atoms with Gasteiger partial charge in [-0.25, -0.2) is 13.2 Å². The monoisotopic (exact) mass is 191 g/mol. The fourth-order valence-electron chi connectivity index (χ4n) is 0.926. The van der Waals surface area contributed by atoms with Crippen LogP contribution >= 0.6 is 0 Å². The first-order valence-corrected chi connectivity index (χ1v) is 3.57. The minimum atomic E-state index is -1.57. The van der Waals surface area contributed by atoms with Crippen molar-refractivity contribution in [1.82, 2.24) is 0 Å². The summed E-state index contributed by atoms with van der Waals surface area (Å²) in [5.74, 6) is -4.19. The van der Waals surface area contributed by atoms with Crippen molar-refractivity contribution in [3.63, 3.8) is 0 Å². The van der Waals surface area contributed by atoms with Gasteiger partial charge in [-0.15, -0.1) is 0 Å². The van der Waals surface area contributed by atoms with E-state index in [1.54, 1.807) is 0 Å². The molecule has 0 spiro atoms. The predicted molar refractivity (Wildman–Crippen MR) is 40.3 cm³/mol. The van der Waals surface area contributed by atoms with Crippen LogP contribution in [0.2, 0.25) is 0 Å². The molecular weight excluding hydrogens is 183 g/mol. The third kappa shape index (κ3) is 1.81. The van der Waals surface area contributed by atoms with Crippen molar-refractivity contribution < 1.29 is 18.3 Å². The van der Waals surface area contributed by atoms with Crippen LogP contribution in [0.4, 0.5) is 13.2 Å². The number of halogens is 3. The molecule has 72 valence electrons. The van der Waals surface area contributed by atoms with E-state index in [0.29, 0.717) is 0 Å². The molecule has 0 aromatic heterocycles. The lowest BCUT2D eigenvalue weighted by Gasteiger charge is -2.09. The highest BCUT2D eigenvalue weighted by Crippen LogP contribution is 2.19. The molecular formula is C8H8F3NO. The molecule has 13 heavy (non-hydrogen) atoms. The van der Waals surface area contributed by atoms with Crippen LogP contribution in [0.3, 0.4) is 0 Å². The molecule has 0 saturated heterocycles. The quantitative estimate of drug-likeness (QED) is 0.687. The van der Waals surface area contributed by atoms with Gasteiger partial charge in [0.15, 0.2) is 17.5 Å². The van der Waals surface area contributed by atoms with Crippen molar-refractivity contribution in [2.75, 3.05) is 6.61 Å². The zero-order valence-corrected chi connectivity index (χ0v) is 6.60. The lowest BCUT2D eigenvalue weighted by molar-refractivity contribution is 0.264.